The van der Waals surface area contributed by atoms with Gasteiger partial charge in [-0.05, 0) is 43.5 Å². The molecule has 0 radical (unpaired) electrons. The molecule has 3 rings (SSSR count). The van der Waals surface area contributed by atoms with Gasteiger partial charge >= 0.3 is 0 Å². The van der Waals surface area contributed by atoms with Crippen LogP contribution in [0.25, 0.3) is 0 Å². The van der Waals surface area contributed by atoms with Gasteiger partial charge in [0.2, 0.25) is 0 Å². The number of carbonyl (C=O) groups is 1. The number of rotatable bonds is 7. The summed E-state index contributed by atoms with van der Waals surface area (Å²) in [7, 11) is 0. The summed E-state index contributed by atoms with van der Waals surface area (Å²) in [4.78, 5) is 16.8. The van der Waals surface area contributed by atoms with Crippen molar-refractivity contribution in [2.24, 2.45) is 4.99 Å². The molecule has 7 heteroatoms. The van der Waals surface area contributed by atoms with Crippen molar-refractivity contribution in [2.45, 2.75) is 39.0 Å². The molecule has 2 aromatic carbocycles. The lowest BCUT2D eigenvalue weighted by molar-refractivity contribution is -0.124. The van der Waals surface area contributed by atoms with E-state index in [0.717, 1.165) is 24.1 Å². The zero-order valence-electron chi connectivity index (χ0n) is 16.6. The number of hydrogen-bond donors (Lipinski definition) is 3. The van der Waals surface area contributed by atoms with E-state index in [1.807, 2.05) is 31.2 Å². The summed E-state index contributed by atoms with van der Waals surface area (Å²) >= 11 is 0. The number of hydrogen-bond acceptors (Lipinski definition) is 3. The highest BCUT2D eigenvalue weighted by atomic mass is 19.1. The lowest BCUT2D eigenvalue weighted by Gasteiger charge is -2.13. The van der Waals surface area contributed by atoms with E-state index in [9.17, 15) is 9.18 Å². The molecule has 2 aromatic rings. The fourth-order valence-corrected chi connectivity index (χ4v) is 3.09. The van der Waals surface area contributed by atoms with E-state index in [1.54, 1.807) is 18.2 Å². The van der Waals surface area contributed by atoms with Gasteiger partial charge in [-0.2, -0.15) is 0 Å². The highest BCUT2D eigenvalue weighted by Crippen LogP contribution is 2.16. The Kier molecular flexibility index (Phi) is 7.58. The third-order valence-electron chi connectivity index (χ3n) is 4.58. The Balaban J connectivity index is 1.59. The Morgan fingerprint density at radius 3 is 2.83 bits per heavy atom. The van der Waals surface area contributed by atoms with Crippen LogP contribution >= 0.6 is 0 Å². The fraction of sp³-hybridized carbons (Fsp3) is 0.364. The number of amides is 1. The first kappa shape index (κ1) is 20.8. The Morgan fingerprint density at radius 2 is 2.07 bits per heavy atom. The van der Waals surface area contributed by atoms with E-state index in [0.29, 0.717) is 37.8 Å². The van der Waals surface area contributed by atoms with Crippen LogP contribution in [0.3, 0.4) is 0 Å². The lowest BCUT2D eigenvalue weighted by atomic mass is 10.2. The summed E-state index contributed by atoms with van der Waals surface area (Å²) in [6, 6.07) is 14.2. The van der Waals surface area contributed by atoms with E-state index < -0.39 is 0 Å². The fourth-order valence-electron chi connectivity index (χ4n) is 3.09. The minimum Gasteiger partial charge on any atom is -0.368 e. The molecule has 29 heavy (non-hydrogen) atoms. The maximum Gasteiger partial charge on any atom is 0.253 e. The van der Waals surface area contributed by atoms with Crippen LogP contribution in [-0.4, -0.2) is 31.1 Å². The molecule has 1 atom stereocenters. The molecule has 1 saturated heterocycles. The quantitative estimate of drug-likeness (QED) is 0.495. The largest absolute Gasteiger partial charge is 0.368 e. The van der Waals surface area contributed by atoms with Gasteiger partial charge in [0.15, 0.2) is 5.96 Å². The zero-order valence-corrected chi connectivity index (χ0v) is 16.6. The Bertz CT molecular complexity index is 850. The van der Waals surface area contributed by atoms with Crippen LogP contribution in [-0.2, 0) is 22.6 Å². The van der Waals surface area contributed by atoms with E-state index in [-0.39, 0.29) is 17.8 Å². The lowest BCUT2D eigenvalue weighted by Crippen LogP contribution is -2.37. The summed E-state index contributed by atoms with van der Waals surface area (Å²) in [6.45, 7) is 4.08. The van der Waals surface area contributed by atoms with Crippen LogP contribution in [0.4, 0.5) is 10.1 Å². The average Bonchev–Trinajstić information content (AvgIpc) is 3.26. The number of halogens is 1. The van der Waals surface area contributed by atoms with Crippen LogP contribution in [0.1, 0.15) is 30.9 Å². The van der Waals surface area contributed by atoms with Crippen molar-refractivity contribution in [1.82, 2.24) is 10.6 Å². The molecule has 6 nitrogen and oxygen atoms in total. The summed E-state index contributed by atoms with van der Waals surface area (Å²) in [5.41, 5.74) is 2.26. The average molecular weight is 398 g/mol. The predicted molar refractivity (Wildman–Crippen MR) is 112 cm³/mol. The molecule has 0 aliphatic carbocycles. The summed E-state index contributed by atoms with van der Waals surface area (Å²) < 4.78 is 19.2. The molecule has 1 fully saturated rings. The number of aliphatic imine (C=N–C) groups is 1. The van der Waals surface area contributed by atoms with Gasteiger partial charge in [0.1, 0.15) is 11.9 Å². The first-order chi connectivity index (χ1) is 14.2. The molecular formula is C22H27FN4O2. The van der Waals surface area contributed by atoms with Gasteiger partial charge in [-0.25, -0.2) is 9.38 Å². The molecule has 1 unspecified atom stereocenters. The minimum absolute atomic E-state index is 0.108. The molecule has 0 spiro atoms. The SMILES string of the molecule is CCNC(=NCc1cccc(NC(=O)C2CCCO2)c1)NCc1ccccc1F. The number of nitrogens with one attached hydrogen (secondary N) is 3. The molecule has 154 valence electrons. The third-order valence-corrected chi connectivity index (χ3v) is 4.58. The molecule has 1 aliphatic heterocycles. The first-order valence-corrected chi connectivity index (χ1v) is 9.92. The van der Waals surface area contributed by atoms with Crippen molar-refractivity contribution in [3.8, 4) is 0 Å². The molecule has 1 heterocycles. The Labute approximate surface area is 170 Å². The second-order valence-electron chi connectivity index (χ2n) is 6.83. The van der Waals surface area contributed by atoms with Crippen LogP contribution in [0.15, 0.2) is 53.5 Å². The number of nitrogens with zero attached hydrogens (tertiary/aromatic N) is 1. The van der Waals surface area contributed by atoms with Crippen molar-refractivity contribution in [1.29, 1.82) is 0 Å². The van der Waals surface area contributed by atoms with Crippen LogP contribution in [0.2, 0.25) is 0 Å². The Hall–Kier alpha value is -2.93. The second kappa shape index (κ2) is 10.6. The first-order valence-electron chi connectivity index (χ1n) is 9.92. The number of guanidine groups is 1. The van der Waals surface area contributed by atoms with Crippen molar-refractivity contribution in [2.75, 3.05) is 18.5 Å². The van der Waals surface area contributed by atoms with Gasteiger partial charge < -0.3 is 20.7 Å². The molecule has 0 bridgehead atoms. The van der Waals surface area contributed by atoms with Crippen LogP contribution in [0.5, 0.6) is 0 Å². The van der Waals surface area contributed by atoms with E-state index in [2.05, 4.69) is 20.9 Å². The Morgan fingerprint density at radius 1 is 1.21 bits per heavy atom. The smallest absolute Gasteiger partial charge is 0.253 e. The van der Waals surface area contributed by atoms with Crippen molar-refractivity contribution in [3.05, 3.63) is 65.5 Å². The molecule has 1 amide bonds. The van der Waals surface area contributed by atoms with E-state index in [1.165, 1.54) is 6.07 Å². The van der Waals surface area contributed by atoms with Crippen LogP contribution < -0.4 is 16.0 Å². The summed E-state index contributed by atoms with van der Waals surface area (Å²) in [5.74, 6) is 0.248. The van der Waals surface area contributed by atoms with Crippen molar-refractivity contribution >= 4 is 17.6 Å². The van der Waals surface area contributed by atoms with Crippen LogP contribution in [0, 0.1) is 5.82 Å². The number of carbonyl (C=O) groups excluding carboxylic acids is 1. The van der Waals surface area contributed by atoms with E-state index in [4.69, 9.17) is 4.74 Å². The molecular weight excluding hydrogens is 371 g/mol. The third kappa shape index (κ3) is 6.29. The van der Waals surface area contributed by atoms with E-state index >= 15 is 0 Å². The predicted octanol–water partition coefficient (Wildman–Crippen LogP) is 3.20. The minimum atomic E-state index is -0.361. The van der Waals surface area contributed by atoms with Gasteiger partial charge in [0, 0.05) is 30.9 Å². The zero-order chi connectivity index (χ0) is 20.5. The maximum absolute atomic E-state index is 13.8. The van der Waals surface area contributed by atoms with Crippen molar-refractivity contribution in [3.63, 3.8) is 0 Å². The second-order valence-corrected chi connectivity index (χ2v) is 6.83. The topological polar surface area (TPSA) is 74.8 Å². The molecule has 1 aliphatic rings. The van der Waals surface area contributed by atoms with Gasteiger partial charge in [-0.15, -0.1) is 0 Å². The van der Waals surface area contributed by atoms with Gasteiger partial charge in [0.05, 0.1) is 6.54 Å². The maximum atomic E-state index is 13.8. The van der Waals surface area contributed by atoms with Gasteiger partial charge in [0.25, 0.3) is 5.91 Å². The number of anilines is 1. The molecule has 0 aromatic heterocycles. The van der Waals surface area contributed by atoms with Gasteiger partial charge in [-0.3, -0.25) is 4.79 Å². The molecule has 0 saturated carbocycles. The standard InChI is InChI=1S/C22H27FN4O2/c1-2-24-22(26-15-17-8-3-4-10-19(17)23)25-14-16-7-5-9-18(13-16)27-21(28)20-11-6-12-29-20/h3-5,7-10,13,20H,2,6,11-12,14-15H2,1H3,(H,27,28)(H2,24,25,26). The molecule has 3 N–H and O–H groups in total. The normalized spacial score (nSPS) is 16.5. The highest BCUT2D eigenvalue weighted by molar-refractivity contribution is 5.94. The highest BCUT2D eigenvalue weighted by Gasteiger charge is 2.23. The van der Waals surface area contributed by atoms with Gasteiger partial charge in [-0.1, -0.05) is 30.3 Å². The van der Waals surface area contributed by atoms with Crippen molar-refractivity contribution < 1.29 is 13.9 Å². The number of ether oxygens (including phenoxy) is 1. The summed E-state index contributed by atoms with van der Waals surface area (Å²) in [5, 5.41) is 9.21. The number of benzene rings is 2. The summed E-state index contributed by atoms with van der Waals surface area (Å²) in [6.07, 6.45) is 1.31. The monoisotopic (exact) mass is 398 g/mol.